The zero-order valence-electron chi connectivity index (χ0n) is 13.1. The van der Waals surface area contributed by atoms with E-state index in [1.54, 1.807) is 0 Å². The van der Waals surface area contributed by atoms with E-state index in [1.807, 2.05) is 0 Å². The van der Waals surface area contributed by atoms with Crippen LogP contribution in [-0.4, -0.2) is 25.5 Å². The van der Waals surface area contributed by atoms with E-state index in [0.717, 1.165) is 12.1 Å². The Kier molecular flexibility index (Phi) is 5.84. The predicted octanol–water partition coefficient (Wildman–Crippen LogP) is 2.00. The van der Waals surface area contributed by atoms with Gasteiger partial charge in [0.15, 0.2) is 28.9 Å². The van der Waals surface area contributed by atoms with E-state index in [0.29, 0.717) is 5.56 Å². The number of benzene rings is 2. The molecule has 0 saturated carbocycles. The molecule has 7 heteroatoms. The van der Waals surface area contributed by atoms with Gasteiger partial charge < -0.3 is 19.4 Å². The number of ether oxygens (including phenoxy) is 2. The zero-order valence-corrected chi connectivity index (χ0v) is 13.1. The molecule has 2 aromatic carbocycles. The molecule has 0 N–H and O–H groups in total. The Labute approximate surface area is 142 Å². The molecule has 5 nitrogen and oxygen atoms in total. The fraction of sp³-hybridized carbons (Fsp3) is 0.111. The lowest BCUT2D eigenvalue weighted by molar-refractivity contribution is -0.307. The first kappa shape index (κ1) is 18.1. The molecule has 0 fully saturated rings. The van der Waals surface area contributed by atoms with Crippen LogP contribution >= 0.6 is 0 Å². The quantitative estimate of drug-likeness (QED) is 0.566. The van der Waals surface area contributed by atoms with Crippen LogP contribution in [0.3, 0.4) is 0 Å². The van der Waals surface area contributed by atoms with Gasteiger partial charge in [0.1, 0.15) is 6.61 Å². The predicted molar refractivity (Wildman–Crippen MR) is 83.2 cm³/mol. The van der Waals surface area contributed by atoms with E-state index in [1.165, 1.54) is 43.5 Å². The van der Waals surface area contributed by atoms with E-state index in [9.17, 15) is 23.5 Å². The topological polar surface area (TPSA) is 75.7 Å². The minimum absolute atomic E-state index is 0.146. The smallest absolute Gasteiger partial charge is 0.185 e. The summed E-state index contributed by atoms with van der Waals surface area (Å²) in [6.45, 7) is -0.653. The highest BCUT2D eigenvalue weighted by Crippen LogP contribution is 2.28. The number of carbonyl (C=O) groups is 2. The standard InChI is InChI=1S/C18H14F2O5/c1-24-17-9-12(4-7-16(17)25-10-18(22)23)15(21)6-3-11-2-5-13(19)14(20)8-11/h2-9H,10H2,1H3,(H,22,23)/p-1/b6-3+. The molecule has 130 valence electrons. The Morgan fingerprint density at radius 2 is 1.84 bits per heavy atom. The first-order chi connectivity index (χ1) is 11.9. The molecule has 25 heavy (non-hydrogen) atoms. The van der Waals surface area contributed by atoms with Gasteiger partial charge in [0.25, 0.3) is 0 Å². The number of rotatable bonds is 7. The summed E-state index contributed by atoms with van der Waals surface area (Å²) in [6, 6.07) is 7.45. The van der Waals surface area contributed by atoms with Gasteiger partial charge in [-0.2, -0.15) is 0 Å². The molecule has 0 aromatic heterocycles. The van der Waals surface area contributed by atoms with E-state index < -0.39 is 30.0 Å². The van der Waals surface area contributed by atoms with Crippen LogP contribution < -0.4 is 14.6 Å². The van der Waals surface area contributed by atoms with Crippen molar-refractivity contribution in [2.45, 2.75) is 0 Å². The molecule has 0 aliphatic heterocycles. The first-order valence-corrected chi connectivity index (χ1v) is 7.09. The Morgan fingerprint density at radius 1 is 1.08 bits per heavy atom. The number of aliphatic carboxylic acids is 1. The van der Waals surface area contributed by atoms with Crippen molar-refractivity contribution in [1.82, 2.24) is 0 Å². The minimum Gasteiger partial charge on any atom is -0.546 e. The van der Waals surface area contributed by atoms with Crippen molar-refractivity contribution in [3.05, 3.63) is 65.2 Å². The van der Waals surface area contributed by atoms with Crippen molar-refractivity contribution in [1.29, 1.82) is 0 Å². The lowest BCUT2D eigenvalue weighted by Crippen LogP contribution is -2.29. The van der Waals surface area contributed by atoms with Gasteiger partial charge in [0.05, 0.1) is 13.1 Å². The molecule has 0 amide bonds. The number of ketones is 1. The van der Waals surface area contributed by atoms with Crippen LogP contribution in [0.15, 0.2) is 42.5 Å². The average Bonchev–Trinajstić information content (AvgIpc) is 2.60. The second-order valence-corrected chi connectivity index (χ2v) is 4.90. The molecular weight excluding hydrogens is 334 g/mol. The second kappa shape index (κ2) is 8.05. The highest BCUT2D eigenvalue weighted by molar-refractivity contribution is 6.07. The summed E-state index contributed by atoms with van der Waals surface area (Å²) in [6.07, 6.45) is 2.54. The lowest BCUT2D eigenvalue weighted by Gasteiger charge is -2.11. The molecule has 0 atom stereocenters. The number of allylic oxidation sites excluding steroid dienone is 1. The van der Waals surface area contributed by atoms with E-state index in [2.05, 4.69) is 0 Å². The van der Waals surface area contributed by atoms with Gasteiger partial charge in [-0.3, -0.25) is 4.79 Å². The number of hydrogen-bond acceptors (Lipinski definition) is 5. The van der Waals surface area contributed by atoms with Crippen molar-refractivity contribution < 1.29 is 33.0 Å². The highest BCUT2D eigenvalue weighted by Gasteiger charge is 2.10. The lowest BCUT2D eigenvalue weighted by atomic mass is 10.1. The van der Waals surface area contributed by atoms with Gasteiger partial charge >= 0.3 is 0 Å². The highest BCUT2D eigenvalue weighted by atomic mass is 19.2. The summed E-state index contributed by atoms with van der Waals surface area (Å²) in [5.41, 5.74) is 0.574. The van der Waals surface area contributed by atoms with Gasteiger partial charge in [-0.25, -0.2) is 8.78 Å². The number of carbonyl (C=O) groups excluding carboxylic acids is 2. The SMILES string of the molecule is COc1cc(C(=O)/C=C/c2ccc(F)c(F)c2)ccc1OCC(=O)[O-]. The Balaban J connectivity index is 2.16. The summed E-state index contributed by atoms with van der Waals surface area (Å²) in [7, 11) is 1.34. The third kappa shape index (κ3) is 4.87. The molecule has 0 bridgehead atoms. The summed E-state index contributed by atoms with van der Waals surface area (Å²) < 4.78 is 36.0. The van der Waals surface area contributed by atoms with Crippen LogP contribution in [0.25, 0.3) is 6.08 Å². The summed E-state index contributed by atoms with van der Waals surface area (Å²) in [4.78, 5) is 22.6. The van der Waals surface area contributed by atoms with Crippen molar-refractivity contribution in [3.63, 3.8) is 0 Å². The molecule has 2 rings (SSSR count). The number of carboxylic acid groups (broad SMARTS) is 1. The van der Waals surface area contributed by atoms with Crippen LogP contribution in [0.1, 0.15) is 15.9 Å². The fourth-order valence-corrected chi connectivity index (χ4v) is 1.96. The molecular formula is C18H13F2O5-. The van der Waals surface area contributed by atoms with Gasteiger partial charge in [-0.1, -0.05) is 12.1 Å². The van der Waals surface area contributed by atoms with Gasteiger partial charge in [0, 0.05) is 5.56 Å². The van der Waals surface area contributed by atoms with Crippen molar-refractivity contribution in [3.8, 4) is 11.5 Å². The third-order valence-corrected chi connectivity index (χ3v) is 3.16. The number of carboxylic acids is 1. The monoisotopic (exact) mass is 347 g/mol. The molecule has 0 radical (unpaired) electrons. The maximum atomic E-state index is 13.1. The fourth-order valence-electron chi connectivity index (χ4n) is 1.96. The molecule has 0 aliphatic carbocycles. The van der Waals surface area contributed by atoms with Crippen LogP contribution in [0, 0.1) is 11.6 Å². The molecule has 0 aliphatic rings. The van der Waals surface area contributed by atoms with Crippen LogP contribution in [0.4, 0.5) is 8.78 Å². The van der Waals surface area contributed by atoms with Gasteiger partial charge in [-0.15, -0.1) is 0 Å². The zero-order chi connectivity index (χ0) is 18.4. The molecule has 0 unspecified atom stereocenters. The van der Waals surface area contributed by atoms with Crippen LogP contribution in [0.2, 0.25) is 0 Å². The van der Waals surface area contributed by atoms with E-state index in [-0.39, 0.29) is 17.1 Å². The molecule has 2 aromatic rings. The van der Waals surface area contributed by atoms with Crippen molar-refractivity contribution in [2.24, 2.45) is 0 Å². The summed E-state index contributed by atoms with van der Waals surface area (Å²) >= 11 is 0. The van der Waals surface area contributed by atoms with Gasteiger partial charge in [-0.05, 0) is 42.0 Å². The molecule has 0 spiro atoms. The number of hydrogen-bond donors (Lipinski definition) is 0. The molecule has 0 saturated heterocycles. The maximum absolute atomic E-state index is 13.1. The number of halogens is 2. The Bertz CT molecular complexity index is 830. The van der Waals surface area contributed by atoms with Crippen LogP contribution in [0.5, 0.6) is 11.5 Å². The minimum atomic E-state index is -1.39. The third-order valence-electron chi connectivity index (χ3n) is 3.16. The number of methoxy groups -OCH3 is 1. The first-order valence-electron chi connectivity index (χ1n) is 7.09. The Morgan fingerprint density at radius 3 is 2.48 bits per heavy atom. The van der Waals surface area contributed by atoms with Gasteiger partial charge in [0.2, 0.25) is 0 Å². The van der Waals surface area contributed by atoms with Crippen molar-refractivity contribution >= 4 is 17.8 Å². The normalized spacial score (nSPS) is 10.7. The van der Waals surface area contributed by atoms with E-state index >= 15 is 0 Å². The average molecular weight is 347 g/mol. The van der Waals surface area contributed by atoms with Crippen LogP contribution in [-0.2, 0) is 4.79 Å². The summed E-state index contributed by atoms with van der Waals surface area (Å²) in [5, 5.41) is 10.4. The van der Waals surface area contributed by atoms with Crippen molar-refractivity contribution in [2.75, 3.05) is 13.7 Å². The Hall–Kier alpha value is -3.22. The summed E-state index contributed by atoms with van der Waals surface area (Å²) in [5.74, 6) is -3.46. The largest absolute Gasteiger partial charge is 0.546 e. The maximum Gasteiger partial charge on any atom is 0.185 e. The van der Waals surface area contributed by atoms with E-state index in [4.69, 9.17) is 9.47 Å². The molecule has 0 heterocycles. The second-order valence-electron chi connectivity index (χ2n) is 4.90.